The number of aryl methyl sites for hydroxylation is 1. The minimum atomic E-state index is -1.24. The highest BCUT2D eigenvalue weighted by Crippen LogP contribution is 2.32. The predicted molar refractivity (Wildman–Crippen MR) is 66.9 cm³/mol. The molecule has 0 aliphatic carbocycles. The minimum absolute atomic E-state index is 0.0439. The van der Waals surface area contributed by atoms with E-state index in [1.807, 2.05) is 0 Å². The molecule has 0 bridgehead atoms. The van der Waals surface area contributed by atoms with Gasteiger partial charge in [0.1, 0.15) is 0 Å². The molecule has 8 heteroatoms. The number of nitro benzene ring substituents is 1. The topological polar surface area (TPSA) is 115 Å². The molecule has 0 radical (unpaired) electrons. The zero-order chi connectivity index (χ0) is 14.7. The smallest absolute Gasteiger partial charge is 0.354 e. The third-order valence-electron chi connectivity index (χ3n) is 2.44. The lowest BCUT2D eigenvalue weighted by Gasteiger charge is -2.06. The first-order valence-electron chi connectivity index (χ1n) is 5.47. The van der Waals surface area contributed by atoms with Crippen molar-refractivity contribution in [2.75, 3.05) is 0 Å². The number of aromatic nitrogens is 2. The van der Waals surface area contributed by atoms with Crippen molar-refractivity contribution in [3.63, 3.8) is 0 Å². The van der Waals surface area contributed by atoms with Gasteiger partial charge in [0.25, 0.3) is 0 Å². The number of nitro groups is 1. The Bertz CT molecular complexity index is 687. The van der Waals surface area contributed by atoms with Crippen LogP contribution in [0.15, 0.2) is 30.5 Å². The van der Waals surface area contributed by atoms with Crippen molar-refractivity contribution in [3.8, 4) is 11.8 Å². The lowest BCUT2D eigenvalue weighted by atomic mass is 10.2. The van der Waals surface area contributed by atoms with Gasteiger partial charge >= 0.3 is 17.7 Å². The molecule has 0 amide bonds. The highest BCUT2D eigenvalue weighted by atomic mass is 16.6. The van der Waals surface area contributed by atoms with Gasteiger partial charge in [-0.2, -0.15) is 4.98 Å². The molecule has 0 aliphatic rings. The second kappa shape index (κ2) is 5.31. The molecule has 2 aromatic rings. The van der Waals surface area contributed by atoms with Crippen LogP contribution in [0.2, 0.25) is 0 Å². The van der Waals surface area contributed by atoms with Crippen molar-refractivity contribution in [1.29, 1.82) is 0 Å². The zero-order valence-electron chi connectivity index (χ0n) is 10.3. The average molecular weight is 275 g/mol. The van der Waals surface area contributed by atoms with E-state index in [0.29, 0.717) is 5.56 Å². The van der Waals surface area contributed by atoms with Crippen molar-refractivity contribution < 1.29 is 19.6 Å². The minimum Gasteiger partial charge on any atom is -0.477 e. The summed E-state index contributed by atoms with van der Waals surface area (Å²) in [5.74, 6) is -1.28. The van der Waals surface area contributed by atoms with Crippen LogP contribution in [0, 0.1) is 17.0 Å². The molecule has 1 aromatic carbocycles. The maximum absolute atomic E-state index is 11.0. The maximum atomic E-state index is 11.0. The van der Waals surface area contributed by atoms with Crippen molar-refractivity contribution in [2.24, 2.45) is 0 Å². The standard InChI is InChI=1S/C12H9N3O5/c1-7-3-2-4-9(10(7)15(18)19)20-12-13-6-5-8(14-12)11(16)17/h2-6H,1H3,(H,16,17). The van der Waals surface area contributed by atoms with Crippen molar-refractivity contribution in [1.82, 2.24) is 9.97 Å². The number of carbonyl (C=O) groups is 1. The molecule has 1 aromatic heterocycles. The summed E-state index contributed by atoms with van der Waals surface area (Å²) in [5, 5.41) is 19.8. The number of nitrogens with zero attached hydrogens (tertiary/aromatic N) is 3. The van der Waals surface area contributed by atoms with Crippen LogP contribution >= 0.6 is 0 Å². The normalized spacial score (nSPS) is 10.1. The predicted octanol–water partition coefficient (Wildman–Crippen LogP) is 2.18. The molecule has 2 rings (SSSR count). The Morgan fingerprint density at radius 3 is 2.80 bits per heavy atom. The van der Waals surface area contributed by atoms with Crippen LogP contribution in [-0.4, -0.2) is 26.0 Å². The van der Waals surface area contributed by atoms with Crippen molar-refractivity contribution >= 4 is 11.7 Å². The molecule has 0 aliphatic heterocycles. The number of carboxylic acids is 1. The Balaban J connectivity index is 2.40. The number of rotatable bonds is 4. The number of para-hydroxylation sites is 1. The van der Waals surface area contributed by atoms with Gasteiger partial charge in [-0.1, -0.05) is 12.1 Å². The summed E-state index contributed by atoms with van der Waals surface area (Å²) in [6.07, 6.45) is 1.20. The van der Waals surface area contributed by atoms with Crippen LogP contribution in [-0.2, 0) is 0 Å². The Morgan fingerprint density at radius 1 is 1.40 bits per heavy atom. The van der Waals surface area contributed by atoms with Crippen LogP contribution in [0.25, 0.3) is 0 Å². The molecule has 1 heterocycles. The number of hydrogen-bond donors (Lipinski definition) is 1. The van der Waals surface area contributed by atoms with Crippen molar-refractivity contribution in [3.05, 3.63) is 51.8 Å². The van der Waals surface area contributed by atoms with E-state index < -0.39 is 10.9 Å². The first kappa shape index (κ1) is 13.4. The number of ether oxygens (including phenoxy) is 1. The van der Waals surface area contributed by atoms with Gasteiger partial charge in [0.2, 0.25) is 5.75 Å². The summed E-state index contributed by atoms with van der Waals surface area (Å²) in [5.41, 5.74) is -0.0518. The highest BCUT2D eigenvalue weighted by molar-refractivity contribution is 5.85. The number of carboxylic acid groups (broad SMARTS) is 1. The fraction of sp³-hybridized carbons (Fsp3) is 0.0833. The van der Waals surface area contributed by atoms with Gasteiger partial charge in [-0.25, -0.2) is 9.78 Å². The van der Waals surface area contributed by atoms with E-state index in [9.17, 15) is 14.9 Å². The van der Waals surface area contributed by atoms with E-state index in [1.165, 1.54) is 18.3 Å². The van der Waals surface area contributed by atoms with E-state index in [1.54, 1.807) is 19.1 Å². The Hall–Kier alpha value is -3.03. The fourth-order valence-corrected chi connectivity index (χ4v) is 1.56. The number of aromatic carboxylic acids is 1. The molecule has 0 saturated carbocycles. The summed E-state index contributed by atoms with van der Waals surface area (Å²) in [7, 11) is 0. The molecule has 0 atom stereocenters. The summed E-state index contributed by atoms with van der Waals surface area (Å²) in [6, 6.07) is 5.47. The van der Waals surface area contributed by atoms with Crippen LogP contribution in [0.4, 0.5) is 5.69 Å². The van der Waals surface area contributed by atoms with Gasteiger partial charge in [-0.05, 0) is 19.1 Å². The third kappa shape index (κ3) is 2.69. The summed E-state index contributed by atoms with van der Waals surface area (Å²) in [4.78, 5) is 28.6. The quantitative estimate of drug-likeness (QED) is 0.671. The van der Waals surface area contributed by atoms with Crippen molar-refractivity contribution in [2.45, 2.75) is 6.92 Å². The first-order valence-corrected chi connectivity index (χ1v) is 5.47. The van der Waals surface area contributed by atoms with E-state index in [2.05, 4.69) is 9.97 Å². The first-order chi connectivity index (χ1) is 9.49. The summed E-state index contributed by atoms with van der Waals surface area (Å²) < 4.78 is 5.22. The Morgan fingerprint density at radius 2 is 2.15 bits per heavy atom. The molecule has 0 spiro atoms. The molecule has 102 valence electrons. The van der Waals surface area contributed by atoms with E-state index in [-0.39, 0.29) is 23.1 Å². The number of hydrogen-bond acceptors (Lipinski definition) is 6. The van der Waals surface area contributed by atoms with Gasteiger partial charge in [-0.3, -0.25) is 10.1 Å². The maximum Gasteiger partial charge on any atom is 0.354 e. The summed E-state index contributed by atoms with van der Waals surface area (Å²) in [6.45, 7) is 1.57. The SMILES string of the molecule is Cc1cccc(Oc2nccc(C(=O)O)n2)c1[N+](=O)[O-]. The molecule has 0 unspecified atom stereocenters. The van der Waals surface area contributed by atoms with E-state index >= 15 is 0 Å². The fourth-order valence-electron chi connectivity index (χ4n) is 1.56. The lowest BCUT2D eigenvalue weighted by Crippen LogP contribution is -2.03. The molecule has 0 saturated heterocycles. The van der Waals surface area contributed by atoms with Crippen LogP contribution in [0.1, 0.15) is 16.1 Å². The van der Waals surface area contributed by atoms with Gasteiger partial charge in [0, 0.05) is 11.8 Å². The van der Waals surface area contributed by atoms with Gasteiger partial charge in [0.15, 0.2) is 5.69 Å². The van der Waals surface area contributed by atoms with Crippen LogP contribution < -0.4 is 4.74 Å². The molecular formula is C12H9N3O5. The van der Waals surface area contributed by atoms with Gasteiger partial charge in [0.05, 0.1) is 4.92 Å². The average Bonchev–Trinajstić information content (AvgIpc) is 2.38. The third-order valence-corrected chi connectivity index (χ3v) is 2.44. The van der Waals surface area contributed by atoms with E-state index in [4.69, 9.17) is 9.84 Å². The second-order valence-corrected chi connectivity index (χ2v) is 3.81. The molecule has 1 N–H and O–H groups in total. The highest BCUT2D eigenvalue weighted by Gasteiger charge is 2.20. The van der Waals surface area contributed by atoms with Crippen LogP contribution in [0.3, 0.4) is 0 Å². The van der Waals surface area contributed by atoms with Gasteiger partial charge < -0.3 is 9.84 Å². The Kier molecular flexibility index (Phi) is 3.56. The largest absolute Gasteiger partial charge is 0.477 e. The lowest BCUT2D eigenvalue weighted by molar-refractivity contribution is -0.386. The molecule has 0 fully saturated rings. The monoisotopic (exact) mass is 275 g/mol. The Labute approximate surface area is 112 Å². The van der Waals surface area contributed by atoms with Crippen LogP contribution in [0.5, 0.6) is 11.8 Å². The molecule has 20 heavy (non-hydrogen) atoms. The zero-order valence-corrected chi connectivity index (χ0v) is 10.3. The molecular weight excluding hydrogens is 266 g/mol. The van der Waals surface area contributed by atoms with E-state index in [0.717, 1.165) is 0 Å². The molecule has 8 nitrogen and oxygen atoms in total. The van der Waals surface area contributed by atoms with Gasteiger partial charge in [-0.15, -0.1) is 0 Å². The summed E-state index contributed by atoms with van der Waals surface area (Å²) >= 11 is 0. The number of benzene rings is 1. The second-order valence-electron chi connectivity index (χ2n) is 3.81.